The van der Waals surface area contributed by atoms with Crippen molar-refractivity contribution in [3.8, 4) is 0 Å². The number of aliphatic carboxylic acids is 1. The molecule has 0 bridgehead atoms. The van der Waals surface area contributed by atoms with E-state index in [9.17, 15) is 9.59 Å². The predicted octanol–water partition coefficient (Wildman–Crippen LogP) is 3.47. The van der Waals surface area contributed by atoms with Crippen molar-refractivity contribution in [1.82, 2.24) is 0 Å². The van der Waals surface area contributed by atoms with Gasteiger partial charge in [0.15, 0.2) is 0 Å². The molecule has 0 saturated carbocycles. The van der Waals surface area contributed by atoms with Gasteiger partial charge in [-0.05, 0) is 42.7 Å². The summed E-state index contributed by atoms with van der Waals surface area (Å²) in [6.45, 7) is 7.66. The summed E-state index contributed by atoms with van der Waals surface area (Å²) >= 11 is 0. The van der Waals surface area contributed by atoms with E-state index in [1.807, 2.05) is 33.8 Å². The Hall–Kier alpha value is -2.10. The number of anilines is 1. The Balaban J connectivity index is 2.88. The Morgan fingerprint density at radius 2 is 2.00 bits per heavy atom. The van der Waals surface area contributed by atoms with Gasteiger partial charge < -0.3 is 10.4 Å². The van der Waals surface area contributed by atoms with Crippen LogP contribution in [0.5, 0.6) is 0 Å². The highest BCUT2D eigenvalue weighted by Crippen LogP contribution is 2.23. The highest BCUT2D eigenvalue weighted by atomic mass is 16.4. The van der Waals surface area contributed by atoms with Crippen LogP contribution in [0.4, 0.5) is 5.69 Å². The molecule has 0 heterocycles. The fraction of sp³-hybridized carbons (Fsp3) is 0.375. The molecule has 0 atom stereocenters. The molecule has 4 nitrogen and oxygen atoms in total. The van der Waals surface area contributed by atoms with Crippen molar-refractivity contribution in [2.24, 2.45) is 5.41 Å². The molecule has 0 aromatic heterocycles. The summed E-state index contributed by atoms with van der Waals surface area (Å²) in [4.78, 5) is 22.6. The Kier molecular flexibility index (Phi) is 5.08. The van der Waals surface area contributed by atoms with E-state index in [-0.39, 0.29) is 5.91 Å². The lowest BCUT2D eigenvalue weighted by Crippen LogP contribution is -2.30. The quantitative estimate of drug-likeness (QED) is 0.809. The van der Waals surface area contributed by atoms with E-state index in [0.29, 0.717) is 0 Å². The molecule has 0 unspecified atom stereocenters. The van der Waals surface area contributed by atoms with Gasteiger partial charge in [0, 0.05) is 17.2 Å². The Bertz CT molecular complexity index is 545. The molecule has 20 heavy (non-hydrogen) atoms. The molecule has 0 aliphatic rings. The number of amides is 1. The Morgan fingerprint density at radius 3 is 2.50 bits per heavy atom. The van der Waals surface area contributed by atoms with Crippen LogP contribution in [0.15, 0.2) is 24.3 Å². The van der Waals surface area contributed by atoms with E-state index in [1.54, 1.807) is 18.2 Å². The zero-order chi connectivity index (χ0) is 15.3. The van der Waals surface area contributed by atoms with Crippen LogP contribution in [0.2, 0.25) is 0 Å². The minimum atomic E-state index is -0.980. The second kappa shape index (κ2) is 6.37. The summed E-state index contributed by atoms with van der Waals surface area (Å²) in [6, 6.07) is 5.41. The fourth-order valence-electron chi connectivity index (χ4n) is 1.56. The van der Waals surface area contributed by atoms with Crippen LogP contribution in [-0.4, -0.2) is 17.0 Å². The minimum absolute atomic E-state index is 0.0202. The number of carbonyl (C=O) groups excluding carboxylic acids is 1. The maximum Gasteiger partial charge on any atom is 0.328 e. The molecule has 0 aliphatic heterocycles. The molecule has 0 fully saturated rings. The predicted molar refractivity (Wildman–Crippen MR) is 80.6 cm³/mol. The van der Waals surface area contributed by atoms with E-state index in [2.05, 4.69) is 5.32 Å². The second-order valence-electron chi connectivity index (χ2n) is 5.43. The van der Waals surface area contributed by atoms with E-state index in [1.165, 1.54) is 0 Å². The van der Waals surface area contributed by atoms with Gasteiger partial charge in [0.2, 0.25) is 5.91 Å². The molecule has 0 aliphatic carbocycles. The third-order valence-corrected chi connectivity index (χ3v) is 3.43. The number of hydrogen-bond acceptors (Lipinski definition) is 2. The zero-order valence-corrected chi connectivity index (χ0v) is 12.4. The van der Waals surface area contributed by atoms with Gasteiger partial charge in [0.1, 0.15) is 0 Å². The van der Waals surface area contributed by atoms with Gasteiger partial charge in [0.25, 0.3) is 0 Å². The van der Waals surface area contributed by atoms with Gasteiger partial charge in [-0.15, -0.1) is 0 Å². The summed E-state index contributed by atoms with van der Waals surface area (Å²) in [5.74, 6) is -1.00. The molecular formula is C16H21NO3. The number of nitrogens with one attached hydrogen (secondary N) is 1. The van der Waals surface area contributed by atoms with Crippen molar-refractivity contribution in [2.45, 2.75) is 34.1 Å². The van der Waals surface area contributed by atoms with Gasteiger partial charge in [0.05, 0.1) is 0 Å². The van der Waals surface area contributed by atoms with Crippen molar-refractivity contribution in [3.05, 3.63) is 35.4 Å². The molecule has 0 saturated heterocycles. The maximum atomic E-state index is 12.1. The van der Waals surface area contributed by atoms with Crippen LogP contribution in [-0.2, 0) is 9.59 Å². The minimum Gasteiger partial charge on any atom is -0.478 e. The van der Waals surface area contributed by atoms with E-state index in [0.717, 1.165) is 29.3 Å². The summed E-state index contributed by atoms with van der Waals surface area (Å²) in [6.07, 6.45) is 3.40. The van der Waals surface area contributed by atoms with E-state index >= 15 is 0 Å². The molecule has 1 aromatic rings. The molecule has 1 rings (SSSR count). The third kappa shape index (κ3) is 4.23. The number of carbonyl (C=O) groups is 2. The number of aryl methyl sites for hydroxylation is 1. The van der Waals surface area contributed by atoms with Gasteiger partial charge in [-0.3, -0.25) is 4.79 Å². The SMILES string of the molecule is CCC(C)(C)C(=O)Nc1ccc(C=CC(=O)O)c(C)c1. The molecule has 1 aromatic carbocycles. The summed E-state index contributed by atoms with van der Waals surface area (Å²) in [7, 11) is 0. The molecule has 1 amide bonds. The Morgan fingerprint density at radius 1 is 1.35 bits per heavy atom. The third-order valence-electron chi connectivity index (χ3n) is 3.43. The highest BCUT2D eigenvalue weighted by molar-refractivity contribution is 5.95. The Labute approximate surface area is 119 Å². The van der Waals surface area contributed by atoms with Gasteiger partial charge >= 0.3 is 5.97 Å². The normalized spacial score (nSPS) is 11.6. The smallest absolute Gasteiger partial charge is 0.328 e. The van der Waals surface area contributed by atoms with Crippen LogP contribution in [0.3, 0.4) is 0 Å². The van der Waals surface area contributed by atoms with Gasteiger partial charge in [-0.25, -0.2) is 4.79 Å². The van der Waals surface area contributed by atoms with Gasteiger partial charge in [-0.1, -0.05) is 26.8 Å². The van der Waals surface area contributed by atoms with Crippen molar-refractivity contribution in [3.63, 3.8) is 0 Å². The topological polar surface area (TPSA) is 66.4 Å². The molecule has 0 radical (unpaired) electrons. The summed E-state index contributed by atoms with van der Waals surface area (Å²) in [5, 5.41) is 11.5. The second-order valence-corrected chi connectivity index (χ2v) is 5.43. The lowest BCUT2D eigenvalue weighted by Gasteiger charge is -2.21. The van der Waals surface area contributed by atoms with Crippen LogP contribution >= 0.6 is 0 Å². The first-order chi connectivity index (χ1) is 9.26. The summed E-state index contributed by atoms with van der Waals surface area (Å²) in [5.41, 5.74) is 2.05. The van der Waals surface area contributed by atoms with Crippen LogP contribution in [0.1, 0.15) is 38.3 Å². The highest BCUT2D eigenvalue weighted by Gasteiger charge is 2.25. The average molecular weight is 275 g/mol. The van der Waals surface area contributed by atoms with Crippen LogP contribution in [0, 0.1) is 12.3 Å². The summed E-state index contributed by atoms with van der Waals surface area (Å²) < 4.78 is 0. The van der Waals surface area contributed by atoms with Crippen LogP contribution < -0.4 is 5.32 Å². The standard InChI is InChI=1S/C16H21NO3/c1-5-16(3,4)15(20)17-13-8-6-12(11(2)10-13)7-9-14(18)19/h6-10H,5H2,1-4H3,(H,17,20)(H,18,19). The molecule has 0 spiro atoms. The maximum absolute atomic E-state index is 12.1. The number of benzene rings is 1. The lowest BCUT2D eigenvalue weighted by molar-refractivity contribution is -0.131. The molecule has 4 heteroatoms. The first-order valence-electron chi connectivity index (χ1n) is 6.59. The number of carboxylic acid groups (broad SMARTS) is 1. The zero-order valence-electron chi connectivity index (χ0n) is 12.4. The van der Waals surface area contributed by atoms with Crippen LogP contribution in [0.25, 0.3) is 6.08 Å². The monoisotopic (exact) mass is 275 g/mol. The fourth-order valence-corrected chi connectivity index (χ4v) is 1.56. The number of hydrogen-bond donors (Lipinski definition) is 2. The molecule has 2 N–H and O–H groups in total. The first-order valence-corrected chi connectivity index (χ1v) is 6.59. The molecular weight excluding hydrogens is 254 g/mol. The average Bonchev–Trinajstić information content (AvgIpc) is 2.37. The van der Waals surface area contributed by atoms with Crippen molar-refractivity contribution >= 4 is 23.6 Å². The van der Waals surface area contributed by atoms with Crippen molar-refractivity contribution < 1.29 is 14.7 Å². The van der Waals surface area contributed by atoms with E-state index in [4.69, 9.17) is 5.11 Å². The molecule has 108 valence electrons. The number of rotatable bonds is 5. The van der Waals surface area contributed by atoms with Crippen molar-refractivity contribution in [2.75, 3.05) is 5.32 Å². The van der Waals surface area contributed by atoms with E-state index < -0.39 is 11.4 Å². The lowest BCUT2D eigenvalue weighted by atomic mass is 9.89. The van der Waals surface area contributed by atoms with Crippen molar-refractivity contribution in [1.29, 1.82) is 0 Å². The number of carboxylic acids is 1. The van der Waals surface area contributed by atoms with Gasteiger partial charge in [-0.2, -0.15) is 0 Å². The first kappa shape index (κ1) is 16.0. The largest absolute Gasteiger partial charge is 0.478 e.